The van der Waals surface area contributed by atoms with Crippen LogP contribution in [-0.2, 0) is 4.74 Å². The molecule has 10 nitrogen and oxygen atoms in total. The lowest BCUT2D eigenvalue weighted by molar-refractivity contribution is 0.0523. The molecule has 0 saturated carbocycles. The van der Waals surface area contributed by atoms with E-state index < -0.39 is 63.1 Å². The van der Waals surface area contributed by atoms with Gasteiger partial charge in [-0.1, -0.05) is 48.5 Å². The van der Waals surface area contributed by atoms with Gasteiger partial charge in [0.2, 0.25) is 22.5 Å². The molecule has 0 fully saturated rings. The average molecular weight is 759 g/mol. The van der Waals surface area contributed by atoms with Crippen molar-refractivity contribution in [3.63, 3.8) is 0 Å². The molecule has 0 radical (unpaired) electrons. The summed E-state index contributed by atoms with van der Waals surface area (Å²) >= 11 is 0. The fraction of sp³-hybridized carbons (Fsp3) is 0.0476. The lowest BCUT2D eigenvalue weighted by Gasteiger charge is -2.24. The van der Waals surface area contributed by atoms with Gasteiger partial charge in [-0.3, -0.25) is 9.59 Å². The Morgan fingerprint density at radius 3 is 1.48 bits per heavy atom. The summed E-state index contributed by atoms with van der Waals surface area (Å²) in [6, 6.07) is 23.2. The number of carbonyl (C=O) groups is 2. The Morgan fingerprint density at radius 1 is 0.643 bits per heavy atom. The second-order valence-corrected chi connectivity index (χ2v) is 12.8. The number of carboxylic acids is 1. The van der Waals surface area contributed by atoms with Crippen molar-refractivity contribution in [3.05, 3.63) is 152 Å². The highest BCUT2D eigenvalue weighted by molar-refractivity contribution is 5.99. The van der Waals surface area contributed by atoms with Crippen LogP contribution in [0, 0.1) is 23.3 Å². The van der Waals surface area contributed by atoms with Gasteiger partial charge in [0.25, 0.3) is 0 Å². The van der Waals surface area contributed by atoms with Crippen LogP contribution in [-0.4, -0.2) is 32.8 Å². The van der Waals surface area contributed by atoms with Gasteiger partial charge in [-0.25, -0.2) is 18.4 Å². The number of rotatable bonds is 3. The van der Waals surface area contributed by atoms with Crippen LogP contribution in [0.15, 0.2) is 107 Å². The summed E-state index contributed by atoms with van der Waals surface area (Å²) in [7, 11) is 0. The second kappa shape index (κ2) is 12.6. The largest absolute Gasteiger partial charge is 0.477 e. The van der Waals surface area contributed by atoms with Gasteiger partial charge in [0, 0.05) is 12.4 Å². The van der Waals surface area contributed by atoms with Crippen molar-refractivity contribution in [2.75, 3.05) is 6.61 Å². The maximum Gasteiger partial charge on any atom is 0.343 e. The number of ether oxygens (including phenoxy) is 3. The number of carbonyl (C=O) groups excluding carboxylic acids is 1. The summed E-state index contributed by atoms with van der Waals surface area (Å²) in [6.45, 7) is 1.69. The van der Waals surface area contributed by atoms with Crippen LogP contribution in [0.25, 0.3) is 54.7 Å². The van der Waals surface area contributed by atoms with Crippen molar-refractivity contribution in [1.29, 1.82) is 0 Å². The first-order chi connectivity index (χ1) is 26.9. The Balaban J connectivity index is 0.000000147. The Kier molecular flexibility index (Phi) is 7.69. The molecule has 0 aliphatic carbocycles. The number of esters is 1. The molecule has 276 valence electrons. The topological polar surface area (TPSA) is 126 Å². The van der Waals surface area contributed by atoms with E-state index in [2.05, 4.69) is 0 Å². The fourth-order valence-corrected chi connectivity index (χ4v) is 7.05. The number of carboxylic acid groups (broad SMARTS) is 1. The van der Waals surface area contributed by atoms with Crippen LogP contribution >= 0.6 is 0 Å². The number of halogens is 4. The zero-order valence-electron chi connectivity index (χ0n) is 28.7. The number of nitrogens with zero attached hydrogens (tertiary/aromatic N) is 2. The highest BCUT2D eigenvalue weighted by Gasteiger charge is 2.31. The second-order valence-electron chi connectivity index (χ2n) is 12.8. The number of benzene rings is 6. The molecular weight excluding hydrogens is 736 g/mol. The van der Waals surface area contributed by atoms with Gasteiger partial charge in [-0.2, -0.15) is 8.78 Å². The van der Waals surface area contributed by atoms with E-state index in [-0.39, 0.29) is 45.5 Å². The molecule has 2 aromatic heterocycles. The third-order valence-corrected chi connectivity index (χ3v) is 9.60. The van der Waals surface area contributed by atoms with E-state index in [0.29, 0.717) is 17.4 Å². The molecule has 2 aliphatic rings. The van der Waals surface area contributed by atoms with Gasteiger partial charge in [0.15, 0.2) is 34.6 Å². The van der Waals surface area contributed by atoms with Crippen LogP contribution < -0.4 is 20.3 Å². The Bertz CT molecular complexity index is 3210. The molecule has 14 heteroatoms. The molecule has 8 aromatic rings. The molecule has 56 heavy (non-hydrogen) atoms. The molecule has 0 unspecified atom stereocenters. The summed E-state index contributed by atoms with van der Waals surface area (Å²) in [5.41, 5.74) is -1.48. The van der Waals surface area contributed by atoms with E-state index in [1.165, 1.54) is 15.3 Å². The summed E-state index contributed by atoms with van der Waals surface area (Å²) in [5.74, 6) is -7.57. The maximum atomic E-state index is 14.6. The van der Waals surface area contributed by atoms with Crippen molar-refractivity contribution in [2.24, 2.45) is 0 Å². The molecule has 0 saturated heterocycles. The molecule has 6 aromatic carbocycles. The van der Waals surface area contributed by atoms with Crippen molar-refractivity contribution >= 4 is 55.3 Å². The lowest BCUT2D eigenvalue weighted by Crippen LogP contribution is -2.22. The predicted octanol–water partition coefficient (Wildman–Crippen LogP) is 8.93. The van der Waals surface area contributed by atoms with Gasteiger partial charge in [0.1, 0.15) is 22.2 Å². The maximum absolute atomic E-state index is 14.6. The zero-order valence-corrected chi connectivity index (χ0v) is 28.7. The third kappa shape index (κ3) is 5.10. The van der Waals surface area contributed by atoms with Gasteiger partial charge < -0.3 is 28.5 Å². The molecule has 2 aliphatic heterocycles. The van der Waals surface area contributed by atoms with Crippen molar-refractivity contribution in [3.8, 4) is 34.4 Å². The van der Waals surface area contributed by atoms with E-state index in [0.717, 1.165) is 33.8 Å². The first kappa shape index (κ1) is 34.3. The van der Waals surface area contributed by atoms with Crippen LogP contribution in [0.1, 0.15) is 27.6 Å². The van der Waals surface area contributed by atoms with Crippen molar-refractivity contribution in [1.82, 2.24) is 9.13 Å². The van der Waals surface area contributed by atoms with Crippen LogP contribution in [0.3, 0.4) is 0 Å². The summed E-state index contributed by atoms with van der Waals surface area (Å²) < 4.78 is 76.3. The number of aromatic carboxylic acids is 1. The Morgan fingerprint density at radius 2 is 1.05 bits per heavy atom. The fourth-order valence-electron chi connectivity index (χ4n) is 7.05. The Hall–Kier alpha value is -7.48. The number of fused-ring (bicyclic) bond motifs is 6. The molecule has 0 amide bonds. The quantitative estimate of drug-likeness (QED) is 0.140. The summed E-state index contributed by atoms with van der Waals surface area (Å²) in [6.07, 6.45) is 2.41. The van der Waals surface area contributed by atoms with E-state index in [4.69, 9.17) is 14.2 Å². The first-order valence-corrected chi connectivity index (χ1v) is 16.9. The van der Waals surface area contributed by atoms with Crippen molar-refractivity contribution in [2.45, 2.75) is 6.92 Å². The molecule has 0 atom stereocenters. The smallest absolute Gasteiger partial charge is 0.343 e. The Labute approximate surface area is 310 Å². The molecule has 4 heterocycles. The first-order valence-electron chi connectivity index (χ1n) is 16.9. The van der Waals surface area contributed by atoms with Crippen LogP contribution in [0.5, 0.6) is 23.0 Å². The number of hydrogen-bond donors (Lipinski definition) is 1. The standard InChI is InChI=1S/C22H13F2NO4.C20H9F2NO4/c1-2-28-22(27)14-10-25-16-7-11-5-3-4-6-12(11)8-17(16)29-21-18(24)15(23)9-13(19(21)25)20(14)26;21-13-7-11-17-19(16(13)22)27-15-6-10-4-2-1-3-9(10)5-14(15)23(17)8-12(18(11)24)20(25)26/h3-10H,2H2,1H3;1-8H,(H,25,26). The van der Waals surface area contributed by atoms with Crippen LogP contribution in [0.2, 0.25) is 0 Å². The van der Waals surface area contributed by atoms with E-state index >= 15 is 0 Å². The average Bonchev–Trinajstić information content (AvgIpc) is 3.19. The van der Waals surface area contributed by atoms with Crippen LogP contribution in [0.4, 0.5) is 17.6 Å². The highest BCUT2D eigenvalue weighted by Crippen LogP contribution is 2.45. The van der Waals surface area contributed by atoms with Gasteiger partial charge >= 0.3 is 11.9 Å². The summed E-state index contributed by atoms with van der Waals surface area (Å²) in [4.78, 5) is 49.1. The molecular formula is C42H22F4N2O8. The van der Waals surface area contributed by atoms with Crippen molar-refractivity contribution < 1.29 is 46.5 Å². The molecule has 0 spiro atoms. The third-order valence-electron chi connectivity index (χ3n) is 9.60. The van der Waals surface area contributed by atoms with Gasteiger partial charge in [0.05, 0.1) is 28.8 Å². The summed E-state index contributed by atoms with van der Waals surface area (Å²) in [5, 5.41) is 12.3. The van der Waals surface area contributed by atoms with E-state index in [1.54, 1.807) is 31.2 Å². The number of hydrogen-bond acceptors (Lipinski definition) is 7. The minimum Gasteiger partial charge on any atom is -0.477 e. The molecule has 1 N–H and O–H groups in total. The van der Waals surface area contributed by atoms with Gasteiger partial charge in [-0.05, 0) is 64.9 Å². The van der Waals surface area contributed by atoms with Gasteiger partial charge in [-0.15, -0.1) is 0 Å². The monoisotopic (exact) mass is 758 g/mol. The van der Waals surface area contributed by atoms with E-state index in [9.17, 15) is 41.8 Å². The number of pyridine rings is 2. The van der Waals surface area contributed by atoms with E-state index in [1.807, 2.05) is 48.5 Å². The zero-order chi connectivity index (χ0) is 39.2. The predicted molar refractivity (Wildman–Crippen MR) is 197 cm³/mol. The highest BCUT2D eigenvalue weighted by atomic mass is 19.2. The number of aromatic nitrogens is 2. The minimum atomic E-state index is -1.45. The SMILES string of the molecule is CCOC(=O)c1cn2c3c(c(F)c(F)cc3c1=O)Oc1cc3ccccc3cc1-2.O=C(O)c1cn2c3c(c(F)c(F)cc3c1=O)Oc1cc3ccccc3cc1-2. The molecule has 0 bridgehead atoms. The normalized spacial score (nSPS) is 12.0. The minimum absolute atomic E-state index is 0.00770. The molecule has 10 rings (SSSR count). The lowest BCUT2D eigenvalue weighted by atomic mass is 10.0.